The second-order valence-electron chi connectivity index (χ2n) is 5.56. The number of hydrogen-bond donors (Lipinski definition) is 1. The van der Waals surface area contributed by atoms with E-state index in [2.05, 4.69) is 24.5 Å². The number of nitrogens with zero attached hydrogens (tertiary/aromatic N) is 1. The number of benzene rings is 2. The SMILES string of the molecule is CC(C)n1c(COc2ccccc2Cl)cc2ccc(O)cc21. The molecule has 4 heteroatoms. The van der Waals surface area contributed by atoms with Crippen molar-refractivity contribution >= 4 is 22.5 Å². The molecule has 0 aliphatic rings. The number of ether oxygens (including phenoxy) is 1. The second-order valence-corrected chi connectivity index (χ2v) is 5.97. The lowest BCUT2D eigenvalue weighted by molar-refractivity contribution is 0.293. The van der Waals surface area contributed by atoms with Crippen LogP contribution in [0.5, 0.6) is 11.5 Å². The van der Waals surface area contributed by atoms with Crippen LogP contribution >= 0.6 is 11.6 Å². The van der Waals surface area contributed by atoms with E-state index in [9.17, 15) is 5.11 Å². The predicted molar refractivity (Wildman–Crippen MR) is 89.8 cm³/mol. The van der Waals surface area contributed by atoms with Crippen LogP contribution in [0, 0.1) is 0 Å². The van der Waals surface area contributed by atoms with Crippen molar-refractivity contribution in [3.8, 4) is 11.5 Å². The summed E-state index contributed by atoms with van der Waals surface area (Å²) in [6.45, 7) is 4.66. The summed E-state index contributed by atoms with van der Waals surface area (Å²) in [6.07, 6.45) is 0. The van der Waals surface area contributed by atoms with Crippen molar-refractivity contribution < 1.29 is 9.84 Å². The van der Waals surface area contributed by atoms with Crippen LogP contribution in [-0.2, 0) is 6.61 Å². The van der Waals surface area contributed by atoms with Crippen molar-refractivity contribution in [3.63, 3.8) is 0 Å². The van der Waals surface area contributed by atoms with Crippen LogP contribution in [0.25, 0.3) is 10.9 Å². The number of fused-ring (bicyclic) bond motifs is 1. The molecular weight excluding hydrogens is 298 g/mol. The van der Waals surface area contributed by atoms with Crippen LogP contribution in [0.2, 0.25) is 5.02 Å². The Morgan fingerprint density at radius 2 is 1.91 bits per heavy atom. The molecule has 3 nitrogen and oxygen atoms in total. The highest BCUT2D eigenvalue weighted by Gasteiger charge is 2.13. The molecule has 22 heavy (non-hydrogen) atoms. The average molecular weight is 316 g/mol. The van der Waals surface area contributed by atoms with Gasteiger partial charge in [-0.2, -0.15) is 0 Å². The Morgan fingerprint density at radius 3 is 2.64 bits per heavy atom. The maximum Gasteiger partial charge on any atom is 0.138 e. The van der Waals surface area contributed by atoms with Crippen molar-refractivity contribution in [2.24, 2.45) is 0 Å². The molecule has 1 N–H and O–H groups in total. The number of aromatic hydroxyl groups is 1. The highest BCUT2D eigenvalue weighted by molar-refractivity contribution is 6.32. The van der Waals surface area contributed by atoms with Crippen molar-refractivity contribution in [2.75, 3.05) is 0 Å². The molecule has 0 fully saturated rings. The normalized spacial score (nSPS) is 11.3. The summed E-state index contributed by atoms with van der Waals surface area (Å²) in [5.41, 5.74) is 2.06. The molecule has 0 saturated carbocycles. The van der Waals surface area contributed by atoms with Gasteiger partial charge in [-0.05, 0) is 44.2 Å². The van der Waals surface area contributed by atoms with E-state index in [4.69, 9.17) is 16.3 Å². The van der Waals surface area contributed by atoms with Gasteiger partial charge in [0.05, 0.1) is 16.2 Å². The Kier molecular flexibility index (Phi) is 3.99. The lowest BCUT2D eigenvalue weighted by atomic mass is 10.2. The van der Waals surface area contributed by atoms with Gasteiger partial charge in [0.25, 0.3) is 0 Å². The highest BCUT2D eigenvalue weighted by atomic mass is 35.5. The van der Waals surface area contributed by atoms with E-state index in [1.165, 1.54) is 0 Å². The standard InChI is InChI=1S/C18H18ClNO2/c1-12(2)20-14(9-13-7-8-15(21)10-17(13)20)11-22-18-6-4-3-5-16(18)19/h3-10,12,21H,11H2,1-2H3. The molecule has 0 amide bonds. The van der Waals surface area contributed by atoms with Crippen LogP contribution in [0.15, 0.2) is 48.5 Å². The highest BCUT2D eigenvalue weighted by Crippen LogP contribution is 2.29. The minimum atomic E-state index is 0.268. The van der Waals surface area contributed by atoms with Crippen LogP contribution < -0.4 is 4.74 Å². The quantitative estimate of drug-likeness (QED) is 0.721. The molecule has 0 aliphatic heterocycles. The van der Waals surface area contributed by atoms with Crippen LogP contribution in [-0.4, -0.2) is 9.67 Å². The predicted octanol–water partition coefficient (Wildman–Crippen LogP) is 5.16. The average Bonchev–Trinajstić information content (AvgIpc) is 2.84. The van der Waals surface area contributed by atoms with Gasteiger partial charge in [0.1, 0.15) is 18.1 Å². The summed E-state index contributed by atoms with van der Waals surface area (Å²) in [5.74, 6) is 0.943. The van der Waals surface area contributed by atoms with E-state index in [-0.39, 0.29) is 11.8 Å². The van der Waals surface area contributed by atoms with E-state index >= 15 is 0 Å². The molecule has 3 rings (SSSR count). The first-order valence-corrected chi connectivity index (χ1v) is 7.64. The molecule has 0 unspecified atom stereocenters. The van der Waals surface area contributed by atoms with E-state index < -0.39 is 0 Å². The van der Waals surface area contributed by atoms with Gasteiger partial charge in [-0.3, -0.25) is 0 Å². The third kappa shape index (κ3) is 2.77. The molecule has 0 radical (unpaired) electrons. The van der Waals surface area contributed by atoms with Gasteiger partial charge < -0.3 is 14.4 Å². The summed E-state index contributed by atoms with van der Waals surface area (Å²) >= 11 is 6.13. The van der Waals surface area contributed by atoms with Crippen LogP contribution in [0.4, 0.5) is 0 Å². The van der Waals surface area contributed by atoms with Crippen molar-refractivity contribution in [2.45, 2.75) is 26.5 Å². The zero-order valence-electron chi connectivity index (χ0n) is 12.6. The number of phenols is 1. The fraction of sp³-hybridized carbons (Fsp3) is 0.222. The third-order valence-electron chi connectivity index (χ3n) is 3.63. The third-order valence-corrected chi connectivity index (χ3v) is 3.95. The van der Waals surface area contributed by atoms with E-state index in [1.54, 1.807) is 12.1 Å². The molecule has 2 aromatic carbocycles. The van der Waals surface area contributed by atoms with Gasteiger partial charge >= 0.3 is 0 Å². The Bertz CT molecular complexity index is 808. The van der Waals surface area contributed by atoms with Crippen LogP contribution in [0.3, 0.4) is 0 Å². The van der Waals surface area contributed by atoms with E-state index in [0.29, 0.717) is 17.4 Å². The Labute approximate surface area is 134 Å². The zero-order valence-corrected chi connectivity index (χ0v) is 13.3. The lowest BCUT2D eigenvalue weighted by Crippen LogP contribution is -2.08. The van der Waals surface area contributed by atoms with Gasteiger partial charge in [0.15, 0.2) is 0 Å². The Morgan fingerprint density at radius 1 is 1.14 bits per heavy atom. The monoisotopic (exact) mass is 315 g/mol. The number of halogens is 1. The topological polar surface area (TPSA) is 34.4 Å². The molecule has 3 aromatic rings. The molecule has 114 valence electrons. The maximum absolute atomic E-state index is 9.73. The minimum Gasteiger partial charge on any atom is -0.508 e. The Hall–Kier alpha value is -2.13. The first kappa shape index (κ1) is 14.8. The fourth-order valence-corrected chi connectivity index (χ4v) is 2.89. The van der Waals surface area contributed by atoms with Gasteiger partial charge in [0.2, 0.25) is 0 Å². The molecule has 1 aromatic heterocycles. The van der Waals surface area contributed by atoms with E-state index in [0.717, 1.165) is 16.6 Å². The smallest absolute Gasteiger partial charge is 0.138 e. The number of aromatic nitrogens is 1. The lowest BCUT2D eigenvalue weighted by Gasteiger charge is -2.15. The number of phenolic OH excluding ortho intramolecular Hbond substituents is 1. The van der Waals surface area contributed by atoms with Gasteiger partial charge in [-0.1, -0.05) is 23.7 Å². The Balaban J connectivity index is 1.96. The fourth-order valence-electron chi connectivity index (χ4n) is 2.70. The molecule has 0 spiro atoms. The largest absolute Gasteiger partial charge is 0.508 e. The molecule has 1 heterocycles. The second kappa shape index (κ2) is 5.93. The van der Waals surface area contributed by atoms with Crippen molar-refractivity contribution in [1.82, 2.24) is 4.57 Å². The summed E-state index contributed by atoms with van der Waals surface area (Å²) in [4.78, 5) is 0. The van der Waals surface area contributed by atoms with Crippen molar-refractivity contribution in [3.05, 3.63) is 59.2 Å². The molecule has 0 saturated heterocycles. The summed E-state index contributed by atoms with van der Waals surface area (Å²) in [7, 11) is 0. The first-order valence-electron chi connectivity index (χ1n) is 7.26. The minimum absolute atomic E-state index is 0.268. The van der Waals surface area contributed by atoms with Crippen LogP contribution in [0.1, 0.15) is 25.6 Å². The maximum atomic E-state index is 9.73. The summed E-state index contributed by atoms with van der Waals surface area (Å²) < 4.78 is 8.03. The summed E-state index contributed by atoms with van der Waals surface area (Å²) in [6, 6.07) is 15.2. The van der Waals surface area contributed by atoms with Gasteiger partial charge in [-0.25, -0.2) is 0 Å². The van der Waals surface area contributed by atoms with E-state index in [1.807, 2.05) is 30.3 Å². The van der Waals surface area contributed by atoms with Crippen molar-refractivity contribution in [1.29, 1.82) is 0 Å². The number of rotatable bonds is 4. The molecule has 0 bridgehead atoms. The molecular formula is C18H18ClNO2. The van der Waals surface area contributed by atoms with Gasteiger partial charge in [0, 0.05) is 17.5 Å². The van der Waals surface area contributed by atoms with Gasteiger partial charge in [-0.15, -0.1) is 0 Å². The molecule has 0 atom stereocenters. The summed E-state index contributed by atoms with van der Waals surface area (Å²) in [5, 5.41) is 11.4. The number of hydrogen-bond acceptors (Lipinski definition) is 2. The first-order chi connectivity index (χ1) is 10.6. The number of para-hydroxylation sites is 1. The zero-order chi connectivity index (χ0) is 15.7. The molecule has 0 aliphatic carbocycles.